The quantitative estimate of drug-likeness (QED) is 0.0491. The van der Waals surface area contributed by atoms with Gasteiger partial charge in [0.25, 0.3) is 0 Å². The van der Waals surface area contributed by atoms with E-state index in [1.165, 1.54) is 180 Å². The van der Waals surface area contributed by atoms with Crippen LogP contribution in [0.3, 0.4) is 0 Å². The van der Waals surface area contributed by atoms with E-state index in [0.29, 0.717) is 0 Å². The Morgan fingerprint density at radius 2 is 0.800 bits per heavy atom. The Kier molecular flexibility index (Phi) is 38.5. The number of thioether (sulfide) groups is 5. The summed E-state index contributed by atoms with van der Waals surface area (Å²) in [4.78, 5) is 2.34. The Bertz CT molecular complexity index is 420. The largest absolute Gasteiger partial charge is 0.309 e. The van der Waals surface area contributed by atoms with Crippen molar-refractivity contribution in [2.24, 2.45) is 0 Å². The molecular weight excluding hydrogens is 583 g/mol. The molecule has 0 atom stereocenters. The van der Waals surface area contributed by atoms with E-state index in [0.717, 1.165) is 5.25 Å². The van der Waals surface area contributed by atoms with E-state index in [2.05, 4.69) is 91.7 Å². The first-order valence-corrected chi connectivity index (χ1v) is 22.9. The minimum absolute atomic E-state index is 0.916. The van der Waals surface area contributed by atoms with Gasteiger partial charge in [-0.2, -0.15) is 58.8 Å². The Morgan fingerprint density at radius 3 is 1.20 bits per heavy atom. The molecule has 0 aromatic heterocycles. The highest BCUT2D eigenvalue weighted by Gasteiger charge is 2.09. The van der Waals surface area contributed by atoms with E-state index < -0.39 is 0 Å². The second-order valence-corrected chi connectivity index (χ2v) is 18.3. The number of hydrogen-bond donors (Lipinski definition) is 0. The van der Waals surface area contributed by atoms with Gasteiger partial charge in [-0.3, -0.25) is 0 Å². The van der Waals surface area contributed by atoms with Gasteiger partial charge in [-0.25, -0.2) is 0 Å². The maximum absolute atomic E-state index is 2.34. The fraction of sp³-hybridized carbons (Fsp3) is 1.00. The summed E-state index contributed by atoms with van der Waals surface area (Å²) in [6.07, 6.45) is 30.1. The lowest BCUT2D eigenvalue weighted by Gasteiger charge is -2.17. The van der Waals surface area contributed by atoms with E-state index in [-0.39, 0.29) is 0 Å². The van der Waals surface area contributed by atoms with Crippen molar-refractivity contribution in [2.45, 2.75) is 154 Å². The third-order valence-corrected chi connectivity index (χ3v) is 13.8. The van der Waals surface area contributed by atoms with Crippen LogP contribution in [0.25, 0.3) is 0 Å². The lowest BCUT2D eigenvalue weighted by molar-refractivity contribution is 0.410. The highest BCUT2D eigenvalue weighted by Crippen LogP contribution is 2.25. The zero-order chi connectivity index (χ0) is 29.2. The molecule has 0 aliphatic heterocycles. The zero-order valence-corrected chi connectivity index (χ0v) is 31.7. The van der Waals surface area contributed by atoms with E-state index in [4.69, 9.17) is 0 Å². The van der Waals surface area contributed by atoms with E-state index in [1.54, 1.807) is 0 Å². The molecule has 0 aliphatic carbocycles. The van der Waals surface area contributed by atoms with E-state index >= 15 is 0 Å². The van der Waals surface area contributed by atoms with Crippen LogP contribution < -0.4 is 0 Å². The van der Waals surface area contributed by atoms with Crippen molar-refractivity contribution < 1.29 is 0 Å². The highest BCUT2D eigenvalue weighted by atomic mass is 32.2. The van der Waals surface area contributed by atoms with Gasteiger partial charge in [0, 0.05) is 15.4 Å². The van der Waals surface area contributed by atoms with Crippen molar-refractivity contribution in [3.63, 3.8) is 0 Å². The molecule has 0 amide bonds. The molecule has 0 aromatic carbocycles. The van der Waals surface area contributed by atoms with Gasteiger partial charge < -0.3 is 4.90 Å². The Balaban J connectivity index is 3.70. The summed E-state index contributed by atoms with van der Waals surface area (Å²) < 4.78 is 0. The van der Waals surface area contributed by atoms with Gasteiger partial charge in [0.15, 0.2) is 0 Å². The molecule has 0 unspecified atom stereocenters. The Labute approximate surface area is 275 Å². The van der Waals surface area contributed by atoms with Crippen LogP contribution in [0.15, 0.2) is 0 Å². The van der Waals surface area contributed by atoms with Crippen molar-refractivity contribution in [3.8, 4) is 0 Å². The van der Waals surface area contributed by atoms with Crippen molar-refractivity contribution in [3.05, 3.63) is 0 Å². The van der Waals surface area contributed by atoms with Gasteiger partial charge in [-0.05, 0) is 94.4 Å². The molecule has 0 saturated heterocycles. The van der Waals surface area contributed by atoms with Crippen LogP contribution in [0, 0.1) is 0 Å². The van der Waals surface area contributed by atoms with Crippen LogP contribution in [-0.2, 0) is 0 Å². The molecule has 0 fully saturated rings. The average molecular weight is 654 g/mol. The van der Waals surface area contributed by atoms with Crippen LogP contribution in [0.1, 0.15) is 149 Å². The highest BCUT2D eigenvalue weighted by molar-refractivity contribution is 8.16. The Hall–Kier alpha value is 1.71. The van der Waals surface area contributed by atoms with Crippen LogP contribution in [0.4, 0.5) is 0 Å². The van der Waals surface area contributed by atoms with Crippen LogP contribution in [0.2, 0.25) is 0 Å². The minimum atomic E-state index is 0.916. The summed E-state index contributed by atoms with van der Waals surface area (Å²) in [6, 6.07) is 0. The smallest absolute Gasteiger partial charge is 0.0392 e. The summed E-state index contributed by atoms with van der Waals surface area (Å²) >= 11 is 10.9. The third-order valence-electron chi connectivity index (χ3n) is 7.35. The molecule has 1 nitrogen and oxygen atoms in total. The molecule has 0 rings (SSSR count). The van der Waals surface area contributed by atoms with E-state index in [1.807, 2.05) is 0 Å². The average Bonchev–Trinajstić information content (AvgIpc) is 2.95. The summed E-state index contributed by atoms with van der Waals surface area (Å²) in [5, 5.41) is 3.55. The molecule has 0 bridgehead atoms. The first-order chi connectivity index (χ1) is 19.7. The molecule has 0 radical (unpaired) electrons. The summed E-state index contributed by atoms with van der Waals surface area (Å²) in [5.41, 5.74) is 0. The van der Waals surface area contributed by atoms with Crippen molar-refractivity contribution >= 4 is 58.8 Å². The zero-order valence-electron chi connectivity index (χ0n) is 27.6. The monoisotopic (exact) mass is 653 g/mol. The van der Waals surface area contributed by atoms with Gasteiger partial charge in [-0.1, -0.05) is 104 Å². The first-order valence-electron chi connectivity index (χ1n) is 17.3. The minimum Gasteiger partial charge on any atom is -0.309 e. The topological polar surface area (TPSA) is 3.24 Å². The third kappa shape index (κ3) is 35.9. The van der Waals surface area contributed by atoms with Crippen molar-refractivity contribution in [1.29, 1.82) is 0 Å². The first kappa shape index (κ1) is 41.7. The molecule has 0 saturated carbocycles. The molecule has 6 heteroatoms. The molecular formula is C34H71NS5. The van der Waals surface area contributed by atoms with Crippen LogP contribution >= 0.6 is 58.8 Å². The number of rotatable bonds is 35. The predicted molar refractivity (Wildman–Crippen MR) is 203 cm³/mol. The predicted octanol–water partition coefficient (Wildman–Crippen LogP) is 12.7. The Morgan fingerprint density at radius 1 is 0.425 bits per heavy atom. The molecule has 0 aliphatic rings. The maximum atomic E-state index is 2.34. The van der Waals surface area contributed by atoms with Gasteiger partial charge in [0.1, 0.15) is 0 Å². The van der Waals surface area contributed by atoms with Crippen LogP contribution in [0.5, 0.6) is 0 Å². The molecule has 0 N–H and O–H groups in total. The number of nitrogens with zero attached hydrogens (tertiary/aromatic N) is 1. The van der Waals surface area contributed by atoms with Gasteiger partial charge >= 0.3 is 0 Å². The van der Waals surface area contributed by atoms with Gasteiger partial charge in [-0.15, -0.1) is 0 Å². The van der Waals surface area contributed by atoms with Gasteiger partial charge in [0.05, 0.1) is 0 Å². The maximum Gasteiger partial charge on any atom is 0.0392 e. The summed E-state index contributed by atoms with van der Waals surface area (Å²) in [6.45, 7) is 5.83. The standard InChI is InChI=1S/C34H71NS5/c1-5-7-19-27-36-32-38-29-21-15-11-9-13-17-24-34(40-31-23-26-35(3)4)25-18-14-10-12-16-22-30-39-33-37-28-20-8-6-2/h34H,5-33H2,1-4H3. The fourth-order valence-corrected chi connectivity index (χ4v) is 10.5. The lowest BCUT2D eigenvalue weighted by atomic mass is 10.0. The van der Waals surface area contributed by atoms with Crippen LogP contribution in [-0.4, -0.2) is 69.7 Å². The molecule has 0 heterocycles. The van der Waals surface area contributed by atoms with Gasteiger partial charge in [0.2, 0.25) is 0 Å². The molecule has 0 spiro atoms. The summed E-state index contributed by atoms with van der Waals surface area (Å²) in [7, 11) is 4.42. The SMILES string of the molecule is CCCCCSCSCCCCCCCCC(CCCCCCCCSCSCCCCC)SCCCN(C)C. The summed E-state index contributed by atoms with van der Waals surface area (Å²) in [5.74, 6) is 6.85. The number of hydrogen-bond acceptors (Lipinski definition) is 6. The molecule has 242 valence electrons. The van der Waals surface area contributed by atoms with E-state index in [9.17, 15) is 0 Å². The second kappa shape index (κ2) is 36.9. The van der Waals surface area contributed by atoms with Crippen molar-refractivity contribution in [2.75, 3.05) is 59.6 Å². The second-order valence-electron chi connectivity index (χ2n) is 11.8. The normalized spacial score (nSPS) is 11.8. The number of unbranched alkanes of at least 4 members (excludes halogenated alkanes) is 14. The van der Waals surface area contributed by atoms with Crippen molar-refractivity contribution in [1.82, 2.24) is 4.90 Å². The molecule has 40 heavy (non-hydrogen) atoms. The molecule has 0 aromatic rings. The lowest BCUT2D eigenvalue weighted by Crippen LogP contribution is -2.14. The fourth-order valence-electron chi connectivity index (χ4n) is 4.77.